The molecule has 10 heteroatoms. The van der Waals surface area contributed by atoms with Crippen LogP contribution in [0.15, 0.2) is 28.9 Å². The summed E-state index contributed by atoms with van der Waals surface area (Å²) in [7, 11) is 0. The highest BCUT2D eigenvalue weighted by molar-refractivity contribution is 5.91. The number of aryl methyl sites for hydroxylation is 1. The van der Waals surface area contributed by atoms with Crippen LogP contribution in [0.4, 0.5) is 13.2 Å². The average molecular weight is 370 g/mol. The van der Waals surface area contributed by atoms with Crippen molar-refractivity contribution in [2.45, 2.75) is 19.6 Å². The second-order valence-electron chi connectivity index (χ2n) is 5.98. The lowest BCUT2D eigenvalue weighted by Gasteiger charge is -2.34. The van der Waals surface area contributed by atoms with E-state index in [2.05, 4.69) is 5.10 Å². The first-order valence-electron chi connectivity index (χ1n) is 7.98. The highest BCUT2D eigenvalue weighted by Gasteiger charge is 2.35. The van der Waals surface area contributed by atoms with E-state index in [0.717, 1.165) is 10.7 Å². The van der Waals surface area contributed by atoms with Gasteiger partial charge < -0.3 is 14.2 Å². The standard InChI is InChI=1S/C16H17F3N4O3/c1-11-9-13(16(17,18)19)20-23(11)10-14(24)21-4-6-22(7-5-21)15(25)12-3-2-8-26-12/h2-3,8-9H,4-7,10H2,1H3. The van der Waals surface area contributed by atoms with E-state index in [0.29, 0.717) is 26.2 Å². The van der Waals surface area contributed by atoms with Gasteiger partial charge in [0.1, 0.15) is 6.54 Å². The number of nitrogens with zero attached hydrogens (tertiary/aromatic N) is 4. The van der Waals surface area contributed by atoms with Gasteiger partial charge in [-0.3, -0.25) is 14.3 Å². The first-order valence-corrected chi connectivity index (χ1v) is 7.98. The number of carbonyl (C=O) groups is 2. The van der Waals surface area contributed by atoms with Gasteiger partial charge in [-0.2, -0.15) is 18.3 Å². The highest BCUT2D eigenvalue weighted by Crippen LogP contribution is 2.28. The minimum absolute atomic E-state index is 0.233. The molecule has 7 nitrogen and oxygen atoms in total. The third kappa shape index (κ3) is 3.73. The number of hydrogen-bond donors (Lipinski definition) is 0. The topological polar surface area (TPSA) is 71.6 Å². The van der Waals surface area contributed by atoms with Crippen molar-refractivity contribution in [3.8, 4) is 0 Å². The molecule has 0 aromatic carbocycles. The van der Waals surface area contributed by atoms with Crippen molar-refractivity contribution in [2.75, 3.05) is 26.2 Å². The third-order valence-corrected chi connectivity index (χ3v) is 4.21. The SMILES string of the molecule is Cc1cc(C(F)(F)F)nn1CC(=O)N1CCN(C(=O)c2ccco2)CC1. The molecule has 2 amide bonds. The molecule has 2 aromatic heterocycles. The normalized spacial score (nSPS) is 15.4. The van der Waals surface area contributed by atoms with Crippen LogP contribution in [0.5, 0.6) is 0 Å². The minimum Gasteiger partial charge on any atom is -0.459 e. The van der Waals surface area contributed by atoms with E-state index in [4.69, 9.17) is 4.42 Å². The summed E-state index contributed by atoms with van der Waals surface area (Å²) in [5.74, 6) is -0.355. The number of alkyl halides is 3. The van der Waals surface area contributed by atoms with Crippen LogP contribution >= 0.6 is 0 Å². The molecule has 0 atom stereocenters. The number of amides is 2. The predicted molar refractivity (Wildman–Crippen MR) is 83.2 cm³/mol. The zero-order chi connectivity index (χ0) is 18.9. The summed E-state index contributed by atoms with van der Waals surface area (Å²) in [5, 5.41) is 3.46. The van der Waals surface area contributed by atoms with Gasteiger partial charge in [0.05, 0.1) is 6.26 Å². The van der Waals surface area contributed by atoms with E-state index < -0.39 is 11.9 Å². The smallest absolute Gasteiger partial charge is 0.435 e. The number of aromatic nitrogens is 2. The van der Waals surface area contributed by atoms with E-state index in [1.807, 2.05) is 0 Å². The maximum absolute atomic E-state index is 12.7. The van der Waals surface area contributed by atoms with Crippen LogP contribution in [0.3, 0.4) is 0 Å². The number of piperazine rings is 1. The molecule has 3 rings (SSSR count). The molecule has 0 bridgehead atoms. The molecule has 0 spiro atoms. The number of carbonyl (C=O) groups excluding carboxylic acids is 2. The monoisotopic (exact) mass is 370 g/mol. The van der Waals surface area contributed by atoms with E-state index in [1.165, 1.54) is 18.1 Å². The van der Waals surface area contributed by atoms with Crippen LogP contribution in [0, 0.1) is 6.92 Å². The van der Waals surface area contributed by atoms with Crippen LogP contribution < -0.4 is 0 Å². The third-order valence-electron chi connectivity index (χ3n) is 4.21. The molecule has 0 saturated carbocycles. The molecule has 26 heavy (non-hydrogen) atoms. The highest BCUT2D eigenvalue weighted by atomic mass is 19.4. The van der Waals surface area contributed by atoms with Gasteiger partial charge in [0.2, 0.25) is 5.91 Å². The second-order valence-corrected chi connectivity index (χ2v) is 5.98. The lowest BCUT2D eigenvalue weighted by atomic mass is 10.2. The molecular weight excluding hydrogens is 353 g/mol. The van der Waals surface area contributed by atoms with Crippen LogP contribution in [0.1, 0.15) is 21.9 Å². The van der Waals surface area contributed by atoms with Gasteiger partial charge in [0, 0.05) is 31.9 Å². The summed E-state index contributed by atoms with van der Waals surface area (Å²) >= 11 is 0. The summed E-state index contributed by atoms with van der Waals surface area (Å²) in [4.78, 5) is 27.6. The molecule has 1 aliphatic rings. The van der Waals surface area contributed by atoms with Crippen LogP contribution in [0.25, 0.3) is 0 Å². The molecular formula is C16H17F3N4O3. The van der Waals surface area contributed by atoms with E-state index in [1.54, 1.807) is 17.0 Å². The summed E-state index contributed by atoms with van der Waals surface area (Å²) in [6.07, 6.45) is -3.13. The fourth-order valence-corrected chi connectivity index (χ4v) is 2.75. The van der Waals surface area contributed by atoms with Crippen molar-refractivity contribution in [2.24, 2.45) is 0 Å². The maximum Gasteiger partial charge on any atom is 0.435 e. The largest absolute Gasteiger partial charge is 0.459 e. The molecule has 0 aliphatic carbocycles. The first kappa shape index (κ1) is 18.0. The Bertz CT molecular complexity index is 790. The van der Waals surface area contributed by atoms with E-state index in [-0.39, 0.29) is 29.8 Å². The van der Waals surface area contributed by atoms with Crippen LogP contribution in [-0.4, -0.2) is 57.6 Å². The number of rotatable bonds is 3. The van der Waals surface area contributed by atoms with Crippen molar-refractivity contribution in [1.29, 1.82) is 0 Å². The maximum atomic E-state index is 12.7. The molecule has 140 valence electrons. The Hall–Kier alpha value is -2.78. The van der Waals surface area contributed by atoms with Crippen molar-refractivity contribution in [1.82, 2.24) is 19.6 Å². The van der Waals surface area contributed by atoms with Gasteiger partial charge in [0.25, 0.3) is 5.91 Å². The summed E-state index contributed by atoms with van der Waals surface area (Å²) in [6.45, 7) is 2.47. The molecule has 0 radical (unpaired) electrons. The molecule has 1 saturated heterocycles. The van der Waals surface area contributed by atoms with E-state index in [9.17, 15) is 22.8 Å². The number of halogens is 3. The van der Waals surface area contributed by atoms with Crippen molar-refractivity contribution in [3.05, 3.63) is 41.6 Å². The lowest BCUT2D eigenvalue weighted by Crippen LogP contribution is -2.51. The fraction of sp³-hybridized carbons (Fsp3) is 0.438. The second kappa shape index (κ2) is 6.85. The van der Waals surface area contributed by atoms with Gasteiger partial charge >= 0.3 is 6.18 Å². The zero-order valence-electron chi connectivity index (χ0n) is 14.0. The Morgan fingerprint density at radius 3 is 2.38 bits per heavy atom. The molecule has 0 unspecified atom stereocenters. The Morgan fingerprint density at radius 1 is 1.19 bits per heavy atom. The van der Waals surface area contributed by atoms with E-state index >= 15 is 0 Å². The summed E-state index contributed by atoms with van der Waals surface area (Å²) in [5.41, 5.74) is -0.756. The number of furan rings is 1. The summed E-state index contributed by atoms with van der Waals surface area (Å²) < 4.78 is 44.2. The Kier molecular flexibility index (Phi) is 4.75. The predicted octanol–water partition coefficient (Wildman–Crippen LogP) is 1.79. The molecule has 2 aromatic rings. The first-order chi connectivity index (χ1) is 12.3. The van der Waals surface area contributed by atoms with Gasteiger partial charge in [-0.05, 0) is 25.1 Å². The molecule has 0 N–H and O–H groups in total. The summed E-state index contributed by atoms with van der Waals surface area (Å²) in [6, 6.07) is 4.10. The quantitative estimate of drug-likeness (QED) is 0.826. The fourth-order valence-electron chi connectivity index (χ4n) is 2.75. The molecule has 3 heterocycles. The molecule has 1 fully saturated rings. The zero-order valence-corrected chi connectivity index (χ0v) is 14.0. The van der Waals surface area contributed by atoms with Gasteiger partial charge in [-0.15, -0.1) is 0 Å². The Labute approximate surface area is 147 Å². The lowest BCUT2D eigenvalue weighted by molar-refractivity contribution is -0.142. The minimum atomic E-state index is -4.54. The van der Waals surface area contributed by atoms with Crippen LogP contribution in [-0.2, 0) is 17.5 Å². The van der Waals surface area contributed by atoms with Gasteiger partial charge in [-0.1, -0.05) is 0 Å². The van der Waals surface area contributed by atoms with Crippen molar-refractivity contribution in [3.63, 3.8) is 0 Å². The van der Waals surface area contributed by atoms with Crippen molar-refractivity contribution >= 4 is 11.8 Å². The number of hydrogen-bond acceptors (Lipinski definition) is 4. The van der Waals surface area contributed by atoms with Gasteiger partial charge in [0.15, 0.2) is 11.5 Å². The Balaban J connectivity index is 1.57. The molecule has 1 aliphatic heterocycles. The van der Waals surface area contributed by atoms with Crippen molar-refractivity contribution < 1.29 is 27.2 Å². The van der Waals surface area contributed by atoms with Gasteiger partial charge in [-0.25, -0.2) is 0 Å². The average Bonchev–Trinajstić information content (AvgIpc) is 3.24. The Morgan fingerprint density at radius 2 is 1.85 bits per heavy atom. The van der Waals surface area contributed by atoms with Crippen LogP contribution in [0.2, 0.25) is 0 Å².